The summed E-state index contributed by atoms with van der Waals surface area (Å²) < 4.78 is 10.4. The summed E-state index contributed by atoms with van der Waals surface area (Å²) in [6.07, 6.45) is 4.39. The van der Waals surface area contributed by atoms with Crippen LogP contribution >= 0.6 is 15.9 Å². The van der Waals surface area contributed by atoms with Crippen LogP contribution in [0.3, 0.4) is 0 Å². The van der Waals surface area contributed by atoms with Crippen molar-refractivity contribution in [3.05, 3.63) is 122 Å². The Hall–Kier alpha value is -3.97. The van der Waals surface area contributed by atoms with Gasteiger partial charge in [-0.05, 0) is 74.4 Å². The zero-order chi connectivity index (χ0) is 27.4. The molecule has 198 valence electrons. The first-order valence-electron chi connectivity index (χ1n) is 13.2. The van der Waals surface area contributed by atoms with Gasteiger partial charge in [-0.3, -0.25) is 4.79 Å². The lowest BCUT2D eigenvalue weighted by molar-refractivity contribution is 0.306. The molecular formula is C32H31BrN4O2. The number of fused-ring (bicyclic) bond motifs is 1. The van der Waals surface area contributed by atoms with E-state index in [-0.39, 0.29) is 5.56 Å². The quantitative estimate of drug-likeness (QED) is 0.170. The second kappa shape index (κ2) is 11.8. The van der Waals surface area contributed by atoms with Crippen LogP contribution in [0.2, 0.25) is 0 Å². The molecular weight excluding hydrogens is 552 g/mol. The van der Waals surface area contributed by atoms with E-state index in [1.54, 1.807) is 12.3 Å². The molecule has 5 aromatic rings. The van der Waals surface area contributed by atoms with Gasteiger partial charge < -0.3 is 9.30 Å². The van der Waals surface area contributed by atoms with Crippen LogP contribution in [0.5, 0.6) is 5.75 Å². The fourth-order valence-electron chi connectivity index (χ4n) is 4.68. The normalized spacial score (nSPS) is 11.5. The predicted molar refractivity (Wildman–Crippen MR) is 161 cm³/mol. The van der Waals surface area contributed by atoms with Crippen LogP contribution in [0.15, 0.2) is 93.2 Å². The average Bonchev–Trinajstić information content (AvgIpc) is 3.24. The zero-order valence-corrected chi connectivity index (χ0v) is 24.0. The zero-order valence-electron chi connectivity index (χ0n) is 22.4. The van der Waals surface area contributed by atoms with E-state index in [9.17, 15) is 4.79 Å². The topological polar surface area (TPSA) is 61.4 Å². The van der Waals surface area contributed by atoms with E-state index in [0.717, 1.165) is 51.3 Å². The standard InChI is InChI=1S/C32H31BrN4O2/c1-4-5-11-31-35-30-17-12-26(33)19-29(30)32(38)37(31)34-20-25-18-22(2)36(23(25)3)27-13-15-28(16-14-27)39-21-24-9-7-6-8-10-24/h6-10,12-20H,4-5,11,21H2,1-3H3. The summed E-state index contributed by atoms with van der Waals surface area (Å²) in [7, 11) is 0. The Balaban J connectivity index is 1.43. The van der Waals surface area contributed by atoms with Crippen LogP contribution in [0.25, 0.3) is 16.6 Å². The maximum atomic E-state index is 13.4. The largest absolute Gasteiger partial charge is 0.489 e. The molecule has 7 heteroatoms. The third-order valence-corrected chi connectivity index (χ3v) is 7.25. The number of rotatable bonds is 9. The number of aryl methyl sites for hydroxylation is 2. The summed E-state index contributed by atoms with van der Waals surface area (Å²) in [5.74, 6) is 1.49. The highest BCUT2D eigenvalue weighted by Crippen LogP contribution is 2.23. The summed E-state index contributed by atoms with van der Waals surface area (Å²) in [4.78, 5) is 18.2. The minimum Gasteiger partial charge on any atom is -0.489 e. The third-order valence-electron chi connectivity index (χ3n) is 6.76. The van der Waals surface area contributed by atoms with Crippen LogP contribution in [0.1, 0.15) is 48.1 Å². The van der Waals surface area contributed by atoms with Crippen LogP contribution in [-0.2, 0) is 13.0 Å². The number of hydrogen-bond acceptors (Lipinski definition) is 4. The molecule has 0 aliphatic rings. The van der Waals surface area contributed by atoms with E-state index in [2.05, 4.69) is 76.7 Å². The first kappa shape index (κ1) is 26.6. The first-order valence-corrected chi connectivity index (χ1v) is 14.0. The average molecular weight is 584 g/mol. The molecule has 0 spiro atoms. The summed E-state index contributed by atoms with van der Waals surface area (Å²) in [6, 6.07) is 25.9. The smallest absolute Gasteiger partial charge is 0.282 e. The number of hydrogen-bond donors (Lipinski definition) is 0. The number of aromatic nitrogens is 3. The van der Waals surface area contributed by atoms with Crippen molar-refractivity contribution >= 4 is 33.0 Å². The highest BCUT2D eigenvalue weighted by atomic mass is 79.9. The molecule has 0 bridgehead atoms. The Morgan fingerprint density at radius 1 is 1.00 bits per heavy atom. The maximum absolute atomic E-state index is 13.4. The SMILES string of the molecule is CCCCc1nc2ccc(Br)cc2c(=O)n1N=Cc1cc(C)n(-c2ccc(OCc3ccccc3)cc2)c1C. The van der Waals surface area contributed by atoms with Crippen LogP contribution in [0.4, 0.5) is 0 Å². The van der Waals surface area contributed by atoms with Crippen molar-refractivity contribution in [3.8, 4) is 11.4 Å². The van der Waals surface area contributed by atoms with E-state index in [0.29, 0.717) is 29.8 Å². The Kier molecular flexibility index (Phi) is 8.07. The summed E-state index contributed by atoms with van der Waals surface area (Å²) in [5.41, 5.74) is 5.75. The van der Waals surface area contributed by atoms with Crippen molar-refractivity contribution in [1.29, 1.82) is 0 Å². The molecule has 0 aliphatic carbocycles. The number of halogens is 1. The molecule has 0 N–H and O–H groups in total. The van der Waals surface area contributed by atoms with Gasteiger partial charge >= 0.3 is 0 Å². The third kappa shape index (κ3) is 5.88. The fraction of sp³-hybridized carbons (Fsp3) is 0.219. The van der Waals surface area contributed by atoms with E-state index < -0.39 is 0 Å². The van der Waals surface area contributed by atoms with Crippen molar-refractivity contribution in [2.45, 2.75) is 46.6 Å². The Morgan fingerprint density at radius 3 is 2.51 bits per heavy atom. The highest BCUT2D eigenvalue weighted by Gasteiger charge is 2.13. The van der Waals surface area contributed by atoms with Crippen LogP contribution in [-0.4, -0.2) is 20.4 Å². The van der Waals surface area contributed by atoms with Gasteiger partial charge in [-0.2, -0.15) is 9.78 Å². The Labute approximate surface area is 236 Å². The lowest BCUT2D eigenvalue weighted by Crippen LogP contribution is -2.22. The molecule has 0 saturated heterocycles. The minimum absolute atomic E-state index is 0.163. The molecule has 0 unspecified atom stereocenters. The molecule has 2 aromatic heterocycles. The van der Waals surface area contributed by atoms with Crippen molar-refractivity contribution in [3.63, 3.8) is 0 Å². The number of benzene rings is 3. The molecule has 5 rings (SSSR count). The van der Waals surface area contributed by atoms with Crippen molar-refractivity contribution in [2.75, 3.05) is 0 Å². The number of ether oxygens (including phenoxy) is 1. The van der Waals surface area contributed by atoms with E-state index in [1.165, 1.54) is 4.68 Å². The molecule has 0 saturated carbocycles. The van der Waals surface area contributed by atoms with Gasteiger partial charge in [0.05, 0.1) is 17.1 Å². The van der Waals surface area contributed by atoms with Crippen molar-refractivity contribution < 1.29 is 4.74 Å². The monoisotopic (exact) mass is 582 g/mol. The van der Waals surface area contributed by atoms with Crippen molar-refractivity contribution in [1.82, 2.24) is 14.2 Å². The van der Waals surface area contributed by atoms with E-state index in [4.69, 9.17) is 9.72 Å². The maximum Gasteiger partial charge on any atom is 0.282 e. The van der Waals surface area contributed by atoms with Gasteiger partial charge in [0.2, 0.25) is 0 Å². The highest BCUT2D eigenvalue weighted by molar-refractivity contribution is 9.10. The van der Waals surface area contributed by atoms with Gasteiger partial charge in [0, 0.05) is 33.5 Å². The molecule has 3 aromatic carbocycles. The van der Waals surface area contributed by atoms with Gasteiger partial charge in [0.25, 0.3) is 5.56 Å². The van der Waals surface area contributed by atoms with Gasteiger partial charge in [0.1, 0.15) is 18.2 Å². The molecule has 0 amide bonds. The molecule has 39 heavy (non-hydrogen) atoms. The fourth-order valence-corrected chi connectivity index (χ4v) is 5.04. The molecule has 0 radical (unpaired) electrons. The second-order valence-corrected chi connectivity index (χ2v) is 10.5. The lowest BCUT2D eigenvalue weighted by atomic mass is 10.2. The van der Waals surface area contributed by atoms with Gasteiger partial charge in [0.15, 0.2) is 0 Å². The summed E-state index contributed by atoms with van der Waals surface area (Å²) in [5, 5.41) is 5.20. The van der Waals surface area contributed by atoms with E-state index >= 15 is 0 Å². The summed E-state index contributed by atoms with van der Waals surface area (Å²) >= 11 is 3.47. The lowest BCUT2D eigenvalue weighted by Gasteiger charge is -2.12. The Morgan fingerprint density at radius 2 is 1.77 bits per heavy atom. The minimum atomic E-state index is -0.163. The van der Waals surface area contributed by atoms with Gasteiger partial charge in [-0.15, -0.1) is 0 Å². The molecule has 0 aliphatic heterocycles. The van der Waals surface area contributed by atoms with E-state index in [1.807, 2.05) is 42.5 Å². The predicted octanol–water partition coefficient (Wildman–Crippen LogP) is 7.37. The molecule has 2 heterocycles. The second-order valence-electron chi connectivity index (χ2n) is 9.58. The van der Waals surface area contributed by atoms with Crippen LogP contribution in [0, 0.1) is 13.8 Å². The number of unbranched alkanes of at least 4 members (excludes halogenated alkanes) is 1. The Bertz CT molecular complexity index is 1690. The molecule has 0 fully saturated rings. The van der Waals surface area contributed by atoms with Crippen molar-refractivity contribution in [2.24, 2.45) is 5.10 Å². The van der Waals surface area contributed by atoms with Gasteiger partial charge in [-0.25, -0.2) is 4.98 Å². The van der Waals surface area contributed by atoms with Crippen LogP contribution < -0.4 is 10.3 Å². The molecule has 0 atom stereocenters. The first-order chi connectivity index (χ1) is 18.9. The molecule has 6 nitrogen and oxygen atoms in total. The summed E-state index contributed by atoms with van der Waals surface area (Å²) in [6.45, 7) is 6.78. The van der Waals surface area contributed by atoms with Gasteiger partial charge in [-0.1, -0.05) is 59.6 Å². The number of nitrogens with zero attached hydrogens (tertiary/aromatic N) is 4.